The van der Waals surface area contributed by atoms with E-state index in [1.54, 1.807) is 55.5 Å². The number of nitrogens with zero attached hydrogens (tertiary/aromatic N) is 4. The Morgan fingerprint density at radius 2 is 1.76 bits per heavy atom. The highest BCUT2D eigenvalue weighted by Crippen LogP contribution is 2.39. The van der Waals surface area contributed by atoms with Crippen molar-refractivity contribution in [2.24, 2.45) is 5.10 Å². The Balaban J connectivity index is 1.58. The van der Waals surface area contributed by atoms with Gasteiger partial charge < -0.3 is 9.47 Å². The second-order valence-corrected chi connectivity index (χ2v) is 9.61. The lowest BCUT2D eigenvalue weighted by Crippen LogP contribution is -2.20. The van der Waals surface area contributed by atoms with Gasteiger partial charge in [-0.1, -0.05) is 71.7 Å². The molecule has 0 aliphatic heterocycles. The van der Waals surface area contributed by atoms with Crippen LogP contribution in [0.15, 0.2) is 94.8 Å². The van der Waals surface area contributed by atoms with E-state index in [0.717, 1.165) is 0 Å². The molecule has 4 aromatic carbocycles. The van der Waals surface area contributed by atoms with Gasteiger partial charge in [-0.05, 0) is 37.3 Å². The zero-order valence-electron chi connectivity index (χ0n) is 21.7. The zero-order chi connectivity index (χ0) is 28.9. The average Bonchev–Trinajstić information content (AvgIpc) is 2.97. The molecule has 41 heavy (non-hydrogen) atoms. The third-order valence-electron chi connectivity index (χ3n) is 6.05. The quantitative estimate of drug-likeness (QED) is 0.103. The van der Waals surface area contributed by atoms with Gasteiger partial charge in [0.05, 0.1) is 28.6 Å². The van der Waals surface area contributed by atoms with E-state index in [0.29, 0.717) is 43.5 Å². The maximum Gasteiger partial charge on any atom is 0.315 e. The van der Waals surface area contributed by atoms with Gasteiger partial charge in [0.1, 0.15) is 6.61 Å². The first-order valence-corrected chi connectivity index (χ1v) is 13.2. The van der Waals surface area contributed by atoms with Gasteiger partial charge in [-0.3, -0.25) is 14.9 Å². The highest BCUT2D eigenvalue weighted by atomic mass is 35.5. The Bertz CT molecular complexity index is 1840. The predicted molar refractivity (Wildman–Crippen MR) is 159 cm³/mol. The SMILES string of the molecule is CCOc1cc(C=Nn2c(-c3ccccc3)nc3ccccc3c2=O)cc([N+](=O)[O-])c1OCc1ccc(Cl)cc1Cl. The summed E-state index contributed by atoms with van der Waals surface area (Å²) in [4.78, 5) is 29.6. The van der Waals surface area contributed by atoms with E-state index in [9.17, 15) is 14.9 Å². The molecular formula is C30H22Cl2N4O5. The van der Waals surface area contributed by atoms with Gasteiger partial charge in [-0.25, -0.2) is 4.98 Å². The first-order valence-electron chi connectivity index (χ1n) is 12.5. The molecule has 0 fully saturated rings. The number of hydrogen-bond acceptors (Lipinski definition) is 7. The van der Waals surface area contributed by atoms with Crippen LogP contribution in [0.5, 0.6) is 11.5 Å². The molecule has 0 unspecified atom stereocenters. The van der Waals surface area contributed by atoms with Gasteiger partial charge in [0.25, 0.3) is 5.56 Å². The summed E-state index contributed by atoms with van der Waals surface area (Å²) in [6.45, 7) is 1.92. The molecule has 0 radical (unpaired) electrons. The van der Waals surface area contributed by atoms with Gasteiger partial charge in [-0.15, -0.1) is 0 Å². The first kappa shape index (κ1) is 27.8. The smallest absolute Gasteiger partial charge is 0.315 e. The van der Waals surface area contributed by atoms with Crippen LogP contribution in [0.2, 0.25) is 10.0 Å². The van der Waals surface area contributed by atoms with E-state index in [1.807, 2.05) is 30.3 Å². The van der Waals surface area contributed by atoms with Crippen LogP contribution >= 0.6 is 23.2 Å². The Labute approximate surface area is 244 Å². The zero-order valence-corrected chi connectivity index (χ0v) is 23.2. The minimum Gasteiger partial charge on any atom is -0.490 e. The van der Waals surface area contributed by atoms with Crippen molar-refractivity contribution in [3.05, 3.63) is 127 Å². The molecule has 0 N–H and O–H groups in total. The van der Waals surface area contributed by atoms with Crippen LogP contribution in [-0.4, -0.2) is 27.4 Å². The van der Waals surface area contributed by atoms with Gasteiger partial charge in [0, 0.05) is 32.8 Å². The van der Waals surface area contributed by atoms with Gasteiger partial charge in [0.15, 0.2) is 11.6 Å². The van der Waals surface area contributed by atoms with Crippen molar-refractivity contribution in [3.63, 3.8) is 0 Å². The molecule has 5 aromatic rings. The van der Waals surface area contributed by atoms with Crippen molar-refractivity contribution in [3.8, 4) is 22.9 Å². The molecule has 0 saturated carbocycles. The van der Waals surface area contributed by atoms with Crippen molar-refractivity contribution < 1.29 is 14.4 Å². The predicted octanol–water partition coefficient (Wildman–Crippen LogP) is 7.14. The molecule has 5 rings (SSSR count). The normalized spacial score (nSPS) is 11.2. The standard InChI is InChI=1S/C30H22Cl2N4O5/c1-2-40-27-15-19(14-26(36(38)39)28(27)41-18-21-12-13-22(31)16-24(21)32)17-33-35-29(20-8-4-3-5-9-20)34-25-11-7-6-10-23(25)30(35)37/h3-17H,2,18H2,1H3. The first-order chi connectivity index (χ1) is 19.9. The molecule has 1 aromatic heterocycles. The number of para-hydroxylation sites is 1. The number of halogens is 2. The van der Waals surface area contributed by atoms with Crippen LogP contribution in [-0.2, 0) is 6.61 Å². The third-order valence-corrected chi connectivity index (χ3v) is 6.64. The molecule has 0 atom stereocenters. The van der Waals surface area contributed by atoms with E-state index >= 15 is 0 Å². The van der Waals surface area contributed by atoms with E-state index in [2.05, 4.69) is 10.1 Å². The molecule has 1 heterocycles. The maximum absolute atomic E-state index is 13.4. The maximum atomic E-state index is 13.4. The van der Waals surface area contributed by atoms with Crippen molar-refractivity contribution in [1.82, 2.24) is 9.66 Å². The molecule has 0 aliphatic rings. The highest BCUT2D eigenvalue weighted by molar-refractivity contribution is 6.35. The largest absolute Gasteiger partial charge is 0.490 e. The lowest BCUT2D eigenvalue weighted by atomic mass is 10.1. The summed E-state index contributed by atoms with van der Waals surface area (Å²) in [6.07, 6.45) is 1.35. The Morgan fingerprint density at radius 3 is 2.49 bits per heavy atom. The van der Waals surface area contributed by atoms with E-state index in [1.165, 1.54) is 17.0 Å². The molecule has 0 saturated heterocycles. The van der Waals surface area contributed by atoms with Crippen LogP contribution in [0.1, 0.15) is 18.1 Å². The summed E-state index contributed by atoms with van der Waals surface area (Å²) >= 11 is 12.2. The fourth-order valence-corrected chi connectivity index (χ4v) is 4.61. The van der Waals surface area contributed by atoms with Crippen molar-refractivity contribution in [2.75, 3.05) is 6.61 Å². The molecule has 0 spiro atoms. The third kappa shape index (κ3) is 6.06. The number of fused-ring (bicyclic) bond motifs is 1. The summed E-state index contributed by atoms with van der Waals surface area (Å²) in [6, 6.07) is 23.9. The number of rotatable bonds is 9. The number of benzene rings is 4. The summed E-state index contributed by atoms with van der Waals surface area (Å²) in [5.74, 6) is 0.403. The molecular weight excluding hydrogens is 567 g/mol. The number of nitro benzene ring substituents is 1. The highest BCUT2D eigenvalue weighted by Gasteiger charge is 2.23. The summed E-state index contributed by atoms with van der Waals surface area (Å²) < 4.78 is 12.7. The van der Waals surface area contributed by atoms with Crippen LogP contribution in [0.4, 0.5) is 5.69 Å². The topological polar surface area (TPSA) is 109 Å². The van der Waals surface area contributed by atoms with Crippen molar-refractivity contribution >= 4 is 46.0 Å². The second-order valence-electron chi connectivity index (χ2n) is 8.76. The van der Waals surface area contributed by atoms with Crippen molar-refractivity contribution in [2.45, 2.75) is 13.5 Å². The van der Waals surface area contributed by atoms with E-state index in [4.69, 9.17) is 32.7 Å². The minimum atomic E-state index is -0.572. The van der Waals surface area contributed by atoms with Gasteiger partial charge in [0.2, 0.25) is 5.75 Å². The fourth-order valence-electron chi connectivity index (χ4n) is 4.14. The Kier molecular flexibility index (Phi) is 8.28. The fraction of sp³-hybridized carbons (Fsp3) is 0.100. The number of aromatic nitrogens is 2. The molecule has 0 aliphatic carbocycles. The average molecular weight is 589 g/mol. The van der Waals surface area contributed by atoms with Crippen LogP contribution in [0.3, 0.4) is 0 Å². The Hall–Kier alpha value is -4.73. The van der Waals surface area contributed by atoms with E-state index < -0.39 is 4.92 Å². The van der Waals surface area contributed by atoms with E-state index in [-0.39, 0.29) is 36.0 Å². The van der Waals surface area contributed by atoms with Crippen LogP contribution in [0.25, 0.3) is 22.3 Å². The molecule has 206 valence electrons. The Morgan fingerprint density at radius 1 is 1.00 bits per heavy atom. The van der Waals surface area contributed by atoms with Crippen LogP contribution < -0.4 is 15.0 Å². The lowest BCUT2D eigenvalue weighted by molar-refractivity contribution is -0.386. The number of nitro groups is 1. The number of ether oxygens (including phenoxy) is 2. The summed E-state index contributed by atoms with van der Waals surface area (Å²) in [5, 5.41) is 17.7. The molecule has 11 heteroatoms. The summed E-state index contributed by atoms with van der Waals surface area (Å²) in [5.41, 5.74) is 1.39. The second kappa shape index (κ2) is 12.2. The minimum absolute atomic E-state index is 0.0526. The van der Waals surface area contributed by atoms with Crippen molar-refractivity contribution in [1.29, 1.82) is 0 Å². The van der Waals surface area contributed by atoms with Gasteiger partial charge >= 0.3 is 5.69 Å². The van der Waals surface area contributed by atoms with Gasteiger partial charge in [-0.2, -0.15) is 9.78 Å². The number of hydrogen-bond donors (Lipinski definition) is 0. The van der Waals surface area contributed by atoms with Crippen LogP contribution in [0, 0.1) is 10.1 Å². The molecule has 0 bridgehead atoms. The lowest BCUT2D eigenvalue weighted by Gasteiger charge is -2.14. The monoisotopic (exact) mass is 588 g/mol. The summed E-state index contributed by atoms with van der Waals surface area (Å²) in [7, 11) is 0. The molecule has 0 amide bonds. The molecule has 9 nitrogen and oxygen atoms in total.